The SMILES string of the molecule is CCOC(=O)C(O)C(O)c1cnc(OC)cc1C. The van der Waals surface area contributed by atoms with Crippen molar-refractivity contribution in [2.24, 2.45) is 0 Å². The average Bonchev–Trinajstić information content (AvgIpc) is 2.37. The number of aliphatic hydroxyl groups is 2. The van der Waals surface area contributed by atoms with Crippen molar-refractivity contribution in [3.63, 3.8) is 0 Å². The molecule has 0 aliphatic carbocycles. The Balaban J connectivity index is 2.89. The monoisotopic (exact) mass is 255 g/mol. The number of aromatic nitrogens is 1. The number of pyridine rings is 1. The third kappa shape index (κ3) is 3.18. The molecule has 1 aromatic heterocycles. The van der Waals surface area contributed by atoms with Gasteiger partial charge in [0.05, 0.1) is 13.7 Å². The maximum Gasteiger partial charge on any atom is 0.338 e. The highest BCUT2D eigenvalue weighted by atomic mass is 16.5. The highest BCUT2D eigenvalue weighted by molar-refractivity contribution is 5.75. The highest BCUT2D eigenvalue weighted by Crippen LogP contribution is 2.23. The normalized spacial score (nSPS) is 13.8. The molecule has 2 atom stereocenters. The van der Waals surface area contributed by atoms with Gasteiger partial charge in [-0.25, -0.2) is 9.78 Å². The average molecular weight is 255 g/mol. The molecule has 2 N–H and O–H groups in total. The molecule has 6 heteroatoms. The summed E-state index contributed by atoms with van der Waals surface area (Å²) in [5.74, 6) is -0.464. The fourth-order valence-corrected chi connectivity index (χ4v) is 1.49. The van der Waals surface area contributed by atoms with Crippen LogP contribution in [0, 0.1) is 6.92 Å². The first-order valence-electron chi connectivity index (χ1n) is 5.54. The van der Waals surface area contributed by atoms with Crippen LogP contribution < -0.4 is 4.74 Å². The van der Waals surface area contributed by atoms with Gasteiger partial charge in [0.2, 0.25) is 5.88 Å². The number of methoxy groups -OCH3 is 1. The number of aliphatic hydroxyl groups excluding tert-OH is 2. The van der Waals surface area contributed by atoms with E-state index in [0.29, 0.717) is 17.0 Å². The van der Waals surface area contributed by atoms with Crippen LogP contribution in [0.3, 0.4) is 0 Å². The fraction of sp³-hybridized carbons (Fsp3) is 0.500. The third-order valence-corrected chi connectivity index (χ3v) is 2.48. The van der Waals surface area contributed by atoms with Crippen LogP contribution >= 0.6 is 0 Å². The number of esters is 1. The zero-order valence-corrected chi connectivity index (χ0v) is 10.6. The van der Waals surface area contributed by atoms with E-state index < -0.39 is 18.2 Å². The van der Waals surface area contributed by atoms with Gasteiger partial charge in [-0.1, -0.05) is 0 Å². The van der Waals surface area contributed by atoms with Crippen LogP contribution in [0.25, 0.3) is 0 Å². The van der Waals surface area contributed by atoms with E-state index in [0.717, 1.165) is 0 Å². The van der Waals surface area contributed by atoms with Crippen molar-refractivity contribution < 1.29 is 24.5 Å². The van der Waals surface area contributed by atoms with Gasteiger partial charge in [0.15, 0.2) is 6.10 Å². The number of rotatable bonds is 5. The molecule has 0 aliphatic rings. The first kappa shape index (κ1) is 14.4. The van der Waals surface area contributed by atoms with Gasteiger partial charge in [0, 0.05) is 17.8 Å². The van der Waals surface area contributed by atoms with Gasteiger partial charge in [-0.05, 0) is 19.4 Å². The Bertz CT molecular complexity index is 421. The minimum absolute atomic E-state index is 0.141. The molecule has 6 nitrogen and oxygen atoms in total. The van der Waals surface area contributed by atoms with E-state index in [1.807, 2.05) is 0 Å². The van der Waals surface area contributed by atoms with Crippen molar-refractivity contribution in [2.75, 3.05) is 13.7 Å². The van der Waals surface area contributed by atoms with Crippen molar-refractivity contribution in [1.82, 2.24) is 4.98 Å². The molecule has 0 fully saturated rings. The van der Waals surface area contributed by atoms with E-state index in [-0.39, 0.29) is 6.61 Å². The summed E-state index contributed by atoms with van der Waals surface area (Å²) in [5.41, 5.74) is 1.02. The number of carbonyl (C=O) groups is 1. The number of ether oxygens (including phenoxy) is 2. The lowest BCUT2D eigenvalue weighted by Crippen LogP contribution is -2.30. The molecule has 0 amide bonds. The van der Waals surface area contributed by atoms with Gasteiger partial charge in [-0.2, -0.15) is 0 Å². The second kappa shape index (κ2) is 6.32. The van der Waals surface area contributed by atoms with Crippen molar-refractivity contribution >= 4 is 5.97 Å². The predicted octanol–water partition coefficient (Wildman–Crippen LogP) is 0.356. The highest BCUT2D eigenvalue weighted by Gasteiger charge is 2.28. The van der Waals surface area contributed by atoms with Crippen LogP contribution in [0.5, 0.6) is 5.88 Å². The van der Waals surface area contributed by atoms with E-state index in [1.165, 1.54) is 13.3 Å². The molecule has 0 bridgehead atoms. The number of hydrogen-bond donors (Lipinski definition) is 2. The molecular formula is C12H17NO5. The summed E-state index contributed by atoms with van der Waals surface area (Å²) in [5, 5.41) is 19.5. The molecule has 1 heterocycles. The van der Waals surface area contributed by atoms with Crippen LogP contribution in [0.1, 0.15) is 24.2 Å². The van der Waals surface area contributed by atoms with E-state index in [1.54, 1.807) is 19.9 Å². The van der Waals surface area contributed by atoms with E-state index >= 15 is 0 Å². The molecule has 100 valence electrons. The summed E-state index contributed by atoms with van der Waals surface area (Å²) in [4.78, 5) is 15.2. The molecule has 0 aromatic carbocycles. The zero-order chi connectivity index (χ0) is 13.7. The molecule has 1 rings (SSSR count). The second-order valence-corrected chi connectivity index (χ2v) is 3.72. The maximum atomic E-state index is 11.3. The summed E-state index contributed by atoms with van der Waals surface area (Å²) in [6.45, 7) is 3.49. The minimum Gasteiger partial charge on any atom is -0.481 e. The summed E-state index contributed by atoms with van der Waals surface area (Å²) < 4.78 is 9.57. The van der Waals surface area contributed by atoms with Crippen LogP contribution in [0.4, 0.5) is 0 Å². The molecule has 0 spiro atoms. The Morgan fingerprint density at radius 2 is 2.17 bits per heavy atom. The number of aryl methyl sites for hydroxylation is 1. The van der Waals surface area contributed by atoms with Gasteiger partial charge in [0.25, 0.3) is 0 Å². The summed E-state index contributed by atoms with van der Waals surface area (Å²) >= 11 is 0. The molecule has 18 heavy (non-hydrogen) atoms. The molecule has 0 radical (unpaired) electrons. The smallest absolute Gasteiger partial charge is 0.338 e. The number of hydrogen-bond acceptors (Lipinski definition) is 6. The molecule has 1 aromatic rings. The van der Waals surface area contributed by atoms with Gasteiger partial charge < -0.3 is 19.7 Å². The minimum atomic E-state index is -1.63. The van der Waals surface area contributed by atoms with E-state index in [2.05, 4.69) is 9.72 Å². The van der Waals surface area contributed by atoms with Crippen molar-refractivity contribution in [3.05, 3.63) is 23.4 Å². The summed E-state index contributed by atoms with van der Waals surface area (Å²) in [6, 6.07) is 1.61. The topological polar surface area (TPSA) is 88.9 Å². The molecule has 2 unspecified atom stereocenters. The lowest BCUT2D eigenvalue weighted by atomic mass is 10.0. The van der Waals surface area contributed by atoms with Crippen molar-refractivity contribution in [3.8, 4) is 5.88 Å². The summed E-state index contributed by atoms with van der Waals surface area (Å²) in [6.07, 6.45) is -1.64. The van der Waals surface area contributed by atoms with Crippen LogP contribution in [0.2, 0.25) is 0 Å². The van der Waals surface area contributed by atoms with Gasteiger partial charge >= 0.3 is 5.97 Å². The fourth-order valence-electron chi connectivity index (χ4n) is 1.49. The Labute approximate surface area is 105 Å². The first-order valence-corrected chi connectivity index (χ1v) is 5.54. The number of carbonyl (C=O) groups excluding carboxylic acids is 1. The Morgan fingerprint density at radius 1 is 1.50 bits per heavy atom. The molecule has 0 saturated carbocycles. The standard InChI is InChI=1S/C12H17NO5/c1-4-18-12(16)11(15)10(14)8-6-13-9(17-3)5-7(8)2/h5-6,10-11,14-15H,4H2,1-3H3. The van der Waals surface area contributed by atoms with Crippen LogP contribution in [-0.4, -0.2) is 41.0 Å². The lowest BCUT2D eigenvalue weighted by Gasteiger charge is -2.18. The number of nitrogens with zero attached hydrogens (tertiary/aromatic N) is 1. The van der Waals surface area contributed by atoms with E-state index in [9.17, 15) is 15.0 Å². The van der Waals surface area contributed by atoms with Crippen LogP contribution in [0.15, 0.2) is 12.3 Å². The predicted molar refractivity (Wildman–Crippen MR) is 63.1 cm³/mol. The zero-order valence-electron chi connectivity index (χ0n) is 10.6. The van der Waals surface area contributed by atoms with Crippen LogP contribution in [-0.2, 0) is 9.53 Å². The van der Waals surface area contributed by atoms with Crippen molar-refractivity contribution in [1.29, 1.82) is 0 Å². The molecular weight excluding hydrogens is 238 g/mol. The largest absolute Gasteiger partial charge is 0.481 e. The molecule has 0 aliphatic heterocycles. The van der Waals surface area contributed by atoms with Gasteiger partial charge in [-0.15, -0.1) is 0 Å². The maximum absolute atomic E-state index is 11.3. The van der Waals surface area contributed by atoms with E-state index in [4.69, 9.17) is 4.74 Å². The lowest BCUT2D eigenvalue weighted by molar-refractivity contribution is -0.159. The Morgan fingerprint density at radius 3 is 2.67 bits per heavy atom. The Hall–Kier alpha value is -1.66. The summed E-state index contributed by atoms with van der Waals surface area (Å²) in [7, 11) is 1.48. The third-order valence-electron chi connectivity index (χ3n) is 2.48. The molecule has 0 saturated heterocycles. The second-order valence-electron chi connectivity index (χ2n) is 3.72. The van der Waals surface area contributed by atoms with Gasteiger partial charge in [0.1, 0.15) is 6.10 Å². The van der Waals surface area contributed by atoms with Gasteiger partial charge in [-0.3, -0.25) is 0 Å². The van der Waals surface area contributed by atoms with Crippen molar-refractivity contribution in [2.45, 2.75) is 26.1 Å². The Kier molecular flexibility index (Phi) is 5.06. The first-order chi connectivity index (χ1) is 8.51. The quantitative estimate of drug-likeness (QED) is 0.738.